The highest BCUT2D eigenvalue weighted by Crippen LogP contribution is 2.33. The van der Waals surface area contributed by atoms with Crippen LogP contribution >= 0.6 is 15.9 Å². The Hall–Kier alpha value is -0.980. The minimum Gasteiger partial charge on any atom is -0.393 e. The first-order valence-electron chi connectivity index (χ1n) is 7.76. The Morgan fingerprint density at radius 3 is 2.50 bits per heavy atom. The van der Waals surface area contributed by atoms with Crippen LogP contribution in [0, 0.1) is 16.0 Å². The van der Waals surface area contributed by atoms with Gasteiger partial charge in [0.1, 0.15) is 0 Å². The van der Waals surface area contributed by atoms with Gasteiger partial charge in [-0.25, -0.2) is 0 Å². The second-order valence-electron chi connectivity index (χ2n) is 6.35. The summed E-state index contributed by atoms with van der Waals surface area (Å²) >= 11 is 3.30. The van der Waals surface area contributed by atoms with E-state index in [0.717, 1.165) is 31.2 Å². The van der Waals surface area contributed by atoms with E-state index in [1.807, 2.05) is 12.1 Å². The first kappa shape index (κ1) is 17.4. The van der Waals surface area contributed by atoms with Crippen molar-refractivity contribution in [3.8, 4) is 0 Å². The molecule has 1 aliphatic rings. The molecule has 6 heteroatoms. The summed E-state index contributed by atoms with van der Waals surface area (Å²) in [5.74, 6) is 0.242. The summed E-state index contributed by atoms with van der Waals surface area (Å²) in [5, 5.41) is 24.5. The number of nitrogens with zero attached hydrogens (tertiary/aromatic N) is 1. The van der Waals surface area contributed by atoms with Crippen LogP contribution in [-0.2, 0) is 0 Å². The number of nitro groups is 1. The van der Waals surface area contributed by atoms with Gasteiger partial charge in [-0.2, -0.15) is 0 Å². The van der Waals surface area contributed by atoms with E-state index in [0.29, 0.717) is 10.5 Å². The molecule has 122 valence electrons. The van der Waals surface area contributed by atoms with Gasteiger partial charge in [-0.1, -0.05) is 29.8 Å². The summed E-state index contributed by atoms with van der Waals surface area (Å²) in [5.41, 5.74) is 0.880. The van der Waals surface area contributed by atoms with Crippen LogP contribution in [0.1, 0.15) is 51.1 Å². The van der Waals surface area contributed by atoms with Crippen LogP contribution in [0.5, 0.6) is 0 Å². The van der Waals surface area contributed by atoms with Gasteiger partial charge in [0.05, 0.1) is 11.0 Å². The minimum absolute atomic E-state index is 0.0613. The molecule has 0 heterocycles. The molecular weight excluding hydrogens is 348 g/mol. The predicted octanol–water partition coefficient (Wildman–Crippen LogP) is 3.95. The van der Waals surface area contributed by atoms with Gasteiger partial charge >= 0.3 is 0 Å². The van der Waals surface area contributed by atoms with Gasteiger partial charge in [0.25, 0.3) is 5.69 Å². The van der Waals surface area contributed by atoms with Crippen LogP contribution in [0.25, 0.3) is 0 Å². The van der Waals surface area contributed by atoms with Crippen molar-refractivity contribution in [3.63, 3.8) is 0 Å². The average Bonchev–Trinajstić information content (AvgIpc) is 2.46. The molecule has 1 unspecified atom stereocenters. The lowest BCUT2D eigenvalue weighted by atomic mass is 9.89. The third kappa shape index (κ3) is 4.27. The van der Waals surface area contributed by atoms with Crippen molar-refractivity contribution in [2.75, 3.05) is 0 Å². The van der Waals surface area contributed by atoms with Crippen LogP contribution < -0.4 is 5.32 Å². The Morgan fingerprint density at radius 2 is 1.95 bits per heavy atom. The summed E-state index contributed by atoms with van der Waals surface area (Å²) in [6.45, 7) is 4.14. The van der Waals surface area contributed by atoms with Crippen molar-refractivity contribution < 1.29 is 10.0 Å². The molecule has 0 spiro atoms. The first-order valence-corrected chi connectivity index (χ1v) is 8.55. The maximum absolute atomic E-state index is 11.4. The van der Waals surface area contributed by atoms with Crippen molar-refractivity contribution in [2.24, 2.45) is 5.92 Å². The second kappa shape index (κ2) is 7.53. The van der Waals surface area contributed by atoms with E-state index in [9.17, 15) is 15.2 Å². The SMILES string of the molecule is CC(C)C(NC1CCC(O)CC1)c1ccc(Br)cc1[N+](=O)[O-]. The molecule has 1 saturated carbocycles. The van der Waals surface area contributed by atoms with Crippen LogP contribution in [0.2, 0.25) is 0 Å². The van der Waals surface area contributed by atoms with E-state index in [1.54, 1.807) is 6.07 Å². The highest BCUT2D eigenvalue weighted by atomic mass is 79.9. The quantitative estimate of drug-likeness (QED) is 0.607. The molecule has 1 aliphatic carbocycles. The number of halogens is 1. The molecule has 0 aliphatic heterocycles. The van der Waals surface area contributed by atoms with Crippen molar-refractivity contribution in [1.29, 1.82) is 0 Å². The number of nitrogens with one attached hydrogen (secondary N) is 1. The maximum atomic E-state index is 11.4. The van der Waals surface area contributed by atoms with Gasteiger partial charge in [0.15, 0.2) is 0 Å². The number of aliphatic hydroxyl groups excluding tert-OH is 1. The third-order valence-electron chi connectivity index (χ3n) is 4.30. The fraction of sp³-hybridized carbons (Fsp3) is 0.625. The van der Waals surface area contributed by atoms with Crippen molar-refractivity contribution in [2.45, 2.75) is 57.7 Å². The Kier molecular flexibility index (Phi) is 5.94. The maximum Gasteiger partial charge on any atom is 0.275 e. The number of hydrogen-bond acceptors (Lipinski definition) is 4. The topological polar surface area (TPSA) is 75.4 Å². The molecule has 0 bridgehead atoms. The Morgan fingerprint density at radius 1 is 1.32 bits per heavy atom. The molecule has 0 amide bonds. The fourth-order valence-electron chi connectivity index (χ4n) is 3.08. The average molecular weight is 371 g/mol. The van der Waals surface area contributed by atoms with Gasteiger partial charge in [0, 0.05) is 28.2 Å². The van der Waals surface area contributed by atoms with E-state index >= 15 is 0 Å². The van der Waals surface area contributed by atoms with E-state index in [-0.39, 0.29) is 28.7 Å². The zero-order valence-electron chi connectivity index (χ0n) is 13.0. The smallest absolute Gasteiger partial charge is 0.275 e. The Balaban J connectivity index is 2.23. The summed E-state index contributed by atoms with van der Waals surface area (Å²) in [7, 11) is 0. The standard InChI is InChI=1S/C16H23BrN2O3/c1-10(2)16(18-12-4-6-13(20)7-5-12)14-8-3-11(17)9-15(14)19(21)22/h3,8-10,12-13,16,18,20H,4-7H2,1-2H3. The molecule has 0 saturated heterocycles. The molecule has 2 rings (SSSR count). The van der Waals surface area contributed by atoms with Crippen molar-refractivity contribution in [3.05, 3.63) is 38.3 Å². The molecule has 5 nitrogen and oxygen atoms in total. The van der Waals surface area contributed by atoms with Crippen LogP contribution in [0.3, 0.4) is 0 Å². The van der Waals surface area contributed by atoms with Crippen molar-refractivity contribution in [1.82, 2.24) is 5.32 Å². The van der Waals surface area contributed by atoms with E-state index in [4.69, 9.17) is 0 Å². The molecule has 22 heavy (non-hydrogen) atoms. The summed E-state index contributed by atoms with van der Waals surface area (Å²) in [6, 6.07) is 5.49. The van der Waals surface area contributed by atoms with E-state index in [1.165, 1.54) is 0 Å². The van der Waals surface area contributed by atoms with Gasteiger partial charge in [-0.15, -0.1) is 0 Å². The number of nitro benzene ring substituents is 1. The largest absolute Gasteiger partial charge is 0.393 e. The highest BCUT2D eigenvalue weighted by Gasteiger charge is 2.28. The molecular formula is C16H23BrN2O3. The number of benzene rings is 1. The number of aliphatic hydroxyl groups is 1. The number of hydrogen-bond donors (Lipinski definition) is 2. The Labute approximate surface area is 139 Å². The molecule has 2 N–H and O–H groups in total. The molecule has 0 radical (unpaired) electrons. The molecule has 1 aromatic carbocycles. The lowest BCUT2D eigenvalue weighted by Gasteiger charge is -2.32. The third-order valence-corrected chi connectivity index (χ3v) is 4.80. The zero-order valence-corrected chi connectivity index (χ0v) is 14.5. The summed E-state index contributed by atoms with van der Waals surface area (Å²) in [4.78, 5) is 11.0. The summed E-state index contributed by atoms with van der Waals surface area (Å²) in [6.07, 6.45) is 3.22. The zero-order chi connectivity index (χ0) is 16.3. The monoisotopic (exact) mass is 370 g/mol. The minimum atomic E-state index is -0.318. The van der Waals surface area contributed by atoms with Crippen molar-refractivity contribution >= 4 is 21.6 Å². The van der Waals surface area contributed by atoms with Gasteiger partial charge in [0.2, 0.25) is 0 Å². The predicted molar refractivity (Wildman–Crippen MR) is 89.8 cm³/mol. The molecule has 1 atom stereocenters. The Bertz CT molecular complexity index is 528. The first-order chi connectivity index (χ1) is 10.4. The molecule has 0 aromatic heterocycles. The van der Waals surface area contributed by atoms with Crippen LogP contribution in [0.15, 0.2) is 22.7 Å². The molecule has 1 aromatic rings. The summed E-state index contributed by atoms with van der Waals surface area (Å²) < 4.78 is 0.714. The van der Waals surface area contributed by atoms with Crippen LogP contribution in [-0.4, -0.2) is 22.2 Å². The van der Waals surface area contributed by atoms with Gasteiger partial charge < -0.3 is 10.4 Å². The second-order valence-corrected chi connectivity index (χ2v) is 7.27. The van der Waals surface area contributed by atoms with Crippen LogP contribution in [0.4, 0.5) is 5.69 Å². The number of rotatable bonds is 5. The van der Waals surface area contributed by atoms with E-state index < -0.39 is 0 Å². The normalized spacial score (nSPS) is 23.5. The van der Waals surface area contributed by atoms with Gasteiger partial charge in [-0.05, 0) is 43.7 Å². The lowest BCUT2D eigenvalue weighted by molar-refractivity contribution is -0.386. The lowest BCUT2D eigenvalue weighted by Crippen LogP contribution is -2.39. The van der Waals surface area contributed by atoms with E-state index in [2.05, 4.69) is 35.1 Å². The van der Waals surface area contributed by atoms with Gasteiger partial charge in [-0.3, -0.25) is 10.1 Å². The fourth-order valence-corrected chi connectivity index (χ4v) is 3.42. The molecule has 1 fully saturated rings. The highest BCUT2D eigenvalue weighted by molar-refractivity contribution is 9.10.